The van der Waals surface area contributed by atoms with Gasteiger partial charge < -0.3 is 5.73 Å². The number of rotatable bonds is 4. The number of thiophene rings is 1. The minimum atomic E-state index is -0.00391. The van der Waals surface area contributed by atoms with Gasteiger partial charge in [-0.05, 0) is 49.7 Å². The highest BCUT2D eigenvalue weighted by molar-refractivity contribution is 9.10. The van der Waals surface area contributed by atoms with Crippen LogP contribution in [0.1, 0.15) is 29.2 Å². The first kappa shape index (κ1) is 14.2. The summed E-state index contributed by atoms with van der Waals surface area (Å²) < 4.78 is 4.11. The topological polar surface area (TPSA) is 43.8 Å². The van der Waals surface area contributed by atoms with E-state index in [2.05, 4.69) is 49.3 Å². The molecular weight excluding hydrogens is 378 g/mol. The summed E-state index contributed by atoms with van der Waals surface area (Å²) in [6, 6.07) is 2.03. The van der Waals surface area contributed by atoms with Crippen LogP contribution in [0.15, 0.2) is 20.4 Å². The predicted octanol–water partition coefficient (Wildman–Crippen LogP) is 3.81. The van der Waals surface area contributed by atoms with Crippen LogP contribution < -0.4 is 5.73 Å². The first-order valence-corrected chi connectivity index (χ1v) is 8.19. The summed E-state index contributed by atoms with van der Waals surface area (Å²) in [5, 5.41) is 6.54. The van der Waals surface area contributed by atoms with Crippen LogP contribution in [-0.4, -0.2) is 9.78 Å². The van der Waals surface area contributed by atoms with Gasteiger partial charge in [0, 0.05) is 28.9 Å². The van der Waals surface area contributed by atoms with E-state index < -0.39 is 0 Å². The maximum absolute atomic E-state index is 6.28. The van der Waals surface area contributed by atoms with Gasteiger partial charge in [0.2, 0.25) is 0 Å². The van der Waals surface area contributed by atoms with Gasteiger partial charge in [-0.1, -0.05) is 6.92 Å². The highest BCUT2D eigenvalue weighted by Crippen LogP contribution is 2.31. The van der Waals surface area contributed by atoms with Gasteiger partial charge in [-0.15, -0.1) is 11.3 Å². The van der Waals surface area contributed by atoms with Crippen LogP contribution in [0.5, 0.6) is 0 Å². The number of nitrogens with zero attached hydrogens (tertiary/aromatic N) is 2. The Labute approximate surface area is 128 Å². The van der Waals surface area contributed by atoms with E-state index in [-0.39, 0.29) is 6.04 Å². The molecule has 2 heterocycles. The number of hydrogen-bond acceptors (Lipinski definition) is 3. The van der Waals surface area contributed by atoms with Crippen molar-refractivity contribution in [2.75, 3.05) is 0 Å². The highest BCUT2D eigenvalue weighted by atomic mass is 79.9. The lowest BCUT2D eigenvalue weighted by atomic mass is 10.1. The molecule has 0 aromatic carbocycles. The Bertz CT molecular complexity index is 548. The molecule has 0 bridgehead atoms. The smallest absolute Gasteiger partial charge is 0.0766 e. The van der Waals surface area contributed by atoms with E-state index >= 15 is 0 Å². The summed E-state index contributed by atoms with van der Waals surface area (Å²) >= 11 is 8.84. The molecular formula is C12H15Br2N3S. The van der Waals surface area contributed by atoms with Crippen molar-refractivity contribution in [2.24, 2.45) is 12.8 Å². The molecule has 98 valence electrons. The maximum atomic E-state index is 6.28. The van der Waals surface area contributed by atoms with Crippen molar-refractivity contribution in [1.82, 2.24) is 9.78 Å². The Morgan fingerprint density at radius 3 is 2.72 bits per heavy atom. The second-order valence-electron chi connectivity index (χ2n) is 4.13. The summed E-state index contributed by atoms with van der Waals surface area (Å²) in [4.78, 5) is 1.18. The SMILES string of the molecule is CCc1nn(C)c(CC(N)c2sccc2Br)c1Br. The van der Waals surface area contributed by atoms with Crippen molar-refractivity contribution in [1.29, 1.82) is 0 Å². The minimum absolute atomic E-state index is 0.00391. The molecule has 0 spiro atoms. The molecule has 2 aromatic rings. The van der Waals surface area contributed by atoms with Crippen molar-refractivity contribution in [3.63, 3.8) is 0 Å². The van der Waals surface area contributed by atoms with Gasteiger partial charge in [-0.3, -0.25) is 4.68 Å². The lowest BCUT2D eigenvalue weighted by Gasteiger charge is -2.11. The molecule has 0 fully saturated rings. The second-order valence-corrected chi connectivity index (χ2v) is 6.72. The average molecular weight is 393 g/mol. The summed E-state index contributed by atoms with van der Waals surface area (Å²) in [6.07, 6.45) is 1.70. The Kier molecular flexibility index (Phi) is 4.64. The van der Waals surface area contributed by atoms with Crippen LogP contribution in [0.3, 0.4) is 0 Å². The van der Waals surface area contributed by atoms with Crippen LogP contribution in [0.4, 0.5) is 0 Å². The van der Waals surface area contributed by atoms with E-state index in [9.17, 15) is 0 Å². The molecule has 3 nitrogen and oxygen atoms in total. The molecule has 0 saturated carbocycles. The quantitative estimate of drug-likeness (QED) is 0.859. The normalized spacial score (nSPS) is 12.9. The molecule has 2 N–H and O–H groups in total. The summed E-state index contributed by atoms with van der Waals surface area (Å²) in [5.41, 5.74) is 8.52. The largest absolute Gasteiger partial charge is 0.323 e. The van der Waals surface area contributed by atoms with Gasteiger partial charge in [0.15, 0.2) is 0 Å². The molecule has 1 atom stereocenters. The van der Waals surface area contributed by atoms with E-state index in [1.54, 1.807) is 11.3 Å². The van der Waals surface area contributed by atoms with E-state index in [1.165, 1.54) is 4.88 Å². The predicted molar refractivity (Wildman–Crippen MR) is 82.9 cm³/mol. The number of halogens is 2. The van der Waals surface area contributed by atoms with E-state index in [0.29, 0.717) is 0 Å². The van der Waals surface area contributed by atoms with Crippen LogP contribution in [-0.2, 0) is 19.9 Å². The fourth-order valence-electron chi connectivity index (χ4n) is 1.91. The fourth-order valence-corrected chi connectivity index (χ4v) is 4.36. The van der Waals surface area contributed by atoms with Crippen molar-refractivity contribution >= 4 is 43.2 Å². The zero-order chi connectivity index (χ0) is 13.3. The van der Waals surface area contributed by atoms with Crippen LogP contribution in [0, 0.1) is 0 Å². The van der Waals surface area contributed by atoms with E-state index in [1.807, 2.05) is 17.8 Å². The van der Waals surface area contributed by atoms with Gasteiger partial charge >= 0.3 is 0 Å². The van der Waals surface area contributed by atoms with Gasteiger partial charge in [-0.2, -0.15) is 5.10 Å². The summed E-state index contributed by atoms with van der Waals surface area (Å²) in [5.74, 6) is 0. The maximum Gasteiger partial charge on any atom is 0.0766 e. The Morgan fingerprint density at radius 2 is 2.22 bits per heavy atom. The third kappa shape index (κ3) is 2.71. The van der Waals surface area contributed by atoms with Crippen molar-refractivity contribution < 1.29 is 0 Å². The van der Waals surface area contributed by atoms with Gasteiger partial charge in [0.25, 0.3) is 0 Å². The molecule has 0 aliphatic rings. The van der Waals surface area contributed by atoms with E-state index in [4.69, 9.17) is 5.73 Å². The number of hydrogen-bond donors (Lipinski definition) is 1. The van der Waals surface area contributed by atoms with Gasteiger partial charge in [-0.25, -0.2) is 0 Å². The van der Waals surface area contributed by atoms with Gasteiger partial charge in [0.05, 0.1) is 15.9 Å². The molecule has 0 amide bonds. The summed E-state index contributed by atoms with van der Waals surface area (Å²) in [6.45, 7) is 2.10. The molecule has 1 unspecified atom stereocenters. The third-order valence-electron chi connectivity index (χ3n) is 2.90. The lowest BCUT2D eigenvalue weighted by Crippen LogP contribution is -2.14. The molecule has 2 aromatic heterocycles. The molecule has 0 radical (unpaired) electrons. The molecule has 0 aliphatic carbocycles. The Hall–Kier alpha value is -0.170. The van der Waals surface area contributed by atoms with Crippen molar-refractivity contribution in [3.8, 4) is 0 Å². The first-order valence-electron chi connectivity index (χ1n) is 5.73. The zero-order valence-electron chi connectivity index (χ0n) is 10.3. The fraction of sp³-hybridized carbons (Fsp3) is 0.417. The van der Waals surface area contributed by atoms with Gasteiger partial charge in [0.1, 0.15) is 0 Å². The molecule has 2 rings (SSSR count). The van der Waals surface area contributed by atoms with Crippen LogP contribution >= 0.6 is 43.2 Å². The van der Waals surface area contributed by atoms with Crippen molar-refractivity contribution in [3.05, 3.63) is 36.7 Å². The summed E-state index contributed by atoms with van der Waals surface area (Å²) in [7, 11) is 1.97. The first-order chi connectivity index (χ1) is 8.54. The zero-order valence-corrected chi connectivity index (χ0v) is 14.3. The van der Waals surface area contributed by atoms with Crippen LogP contribution in [0.25, 0.3) is 0 Å². The number of nitrogens with two attached hydrogens (primary N) is 1. The lowest BCUT2D eigenvalue weighted by molar-refractivity contribution is 0.641. The Balaban J connectivity index is 2.24. The number of aromatic nitrogens is 2. The highest BCUT2D eigenvalue weighted by Gasteiger charge is 2.18. The molecule has 6 heteroatoms. The average Bonchev–Trinajstić information content (AvgIpc) is 2.87. The minimum Gasteiger partial charge on any atom is -0.323 e. The van der Waals surface area contributed by atoms with E-state index in [0.717, 1.165) is 33.2 Å². The standard InChI is InChI=1S/C12H15Br2N3S/c1-3-9-11(14)10(17(2)16-9)6-8(15)12-7(13)4-5-18-12/h4-5,8H,3,6,15H2,1-2H3. The second kappa shape index (κ2) is 5.86. The molecule has 0 saturated heterocycles. The molecule has 0 aliphatic heterocycles. The monoisotopic (exact) mass is 391 g/mol. The van der Waals surface area contributed by atoms with Crippen molar-refractivity contribution in [2.45, 2.75) is 25.8 Å². The van der Waals surface area contributed by atoms with Crippen LogP contribution in [0.2, 0.25) is 0 Å². The number of aryl methyl sites for hydroxylation is 2. The Morgan fingerprint density at radius 1 is 1.50 bits per heavy atom. The molecule has 18 heavy (non-hydrogen) atoms. The third-order valence-corrected chi connectivity index (χ3v) is 5.82.